The Morgan fingerprint density at radius 3 is 1.71 bits per heavy atom. The molecule has 0 aromatic heterocycles. The summed E-state index contributed by atoms with van der Waals surface area (Å²) in [5.74, 6) is 2.32. The van der Waals surface area contributed by atoms with E-state index >= 15 is 0 Å². The van der Waals surface area contributed by atoms with Crippen molar-refractivity contribution in [3.05, 3.63) is 0 Å². The zero-order chi connectivity index (χ0) is 11.4. The van der Waals surface area contributed by atoms with Crippen LogP contribution in [0.2, 0.25) is 11.6 Å². The van der Waals surface area contributed by atoms with Gasteiger partial charge in [0, 0.05) is 0 Å². The van der Waals surface area contributed by atoms with Crippen molar-refractivity contribution in [1.82, 2.24) is 0 Å². The molecule has 0 amide bonds. The third-order valence-electron chi connectivity index (χ3n) is 2.78. The monoisotopic (exact) mass is 195 g/mol. The zero-order valence-electron chi connectivity index (χ0n) is 11.2. The minimum atomic E-state index is 0.430. The van der Waals surface area contributed by atoms with Crippen LogP contribution in [0.1, 0.15) is 61.3 Å². The van der Waals surface area contributed by atoms with Gasteiger partial charge in [-0.15, -0.1) is 0 Å². The maximum absolute atomic E-state index is 2.53. The van der Waals surface area contributed by atoms with Crippen LogP contribution in [0.15, 0.2) is 0 Å². The zero-order valence-corrected chi connectivity index (χ0v) is 11.2. The van der Waals surface area contributed by atoms with Gasteiger partial charge >= 0.3 is 0 Å². The second-order valence-corrected chi connectivity index (χ2v) is 6.38. The Balaban J connectivity index is 4.12. The van der Waals surface area contributed by atoms with Gasteiger partial charge in [0.2, 0.25) is 0 Å². The van der Waals surface area contributed by atoms with Gasteiger partial charge in [0.05, 0.1) is 0 Å². The molecular formula is C13H28B. The van der Waals surface area contributed by atoms with E-state index in [1.165, 1.54) is 12.8 Å². The molecule has 0 N–H and O–H groups in total. The van der Waals surface area contributed by atoms with Gasteiger partial charge < -0.3 is 0 Å². The van der Waals surface area contributed by atoms with Crippen molar-refractivity contribution < 1.29 is 0 Å². The van der Waals surface area contributed by atoms with Crippen molar-refractivity contribution in [3.8, 4) is 0 Å². The first-order valence-corrected chi connectivity index (χ1v) is 6.08. The fourth-order valence-corrected chi connectivity index (χ4v) is 1.80. The summed E-state index contributed by atoms with van der Waals surface area (Å²) in [6, 6.07) is 0. The lowest BCUT2D eigenvalue weighted by atomic mass is 9.48. The molecule has 1 unspecified atom stereocenters. The van der Waals surface area contributed by atoms with Crippen LogP contribution < -0.4 is 0 Å². The van der Waals surface area contributed by atoms with Crippen LogP contribution in [0.3, 0.4) is 0 Å². The van der Waals surface area contributed by atoms with E-state index in [1.54, 1.807) is 0 Å². The minimum absolute atomic E-state index is 0.430. The Hall–Kier alpha value is 0.0649. The van der Waals surface area contributed by atoms with Crippen molar-refractivity contribution in [2.45, 2.75) is 72.9 Å². The Labute approximate surface area is 92.1 Å². The van der Waals surface area contributed by atoms with Crippen LogP contribution in [0.4, 0.5) is 0 Å². The Kier molecular flexibility index (Phi) is 5.85. The molecule has 0 rings (SSSR count). The first-order chi connectivity index (χ1) is 6.23. The molecule has 0 aromatic rings. The summed E-state index contributed by atoms with van der Waals surface area (Å²) in [5, 5.41) is 0. The highest BCUT2D eigenvalue weighted by molar-refractivity contribution is 6.39. The molecule has 0 saturated carbocycles. The molecule has 0 heterocycles. The van der Waals surface area contributed by atoms with E-state index in [4.69, 9.17) is 0 Å². The van der Waals surface area contributed by atoms with Crippen molar-refractivity contribution in [3.63, 3.8) is 0 Å². The summed E-state index contributed by atoms with van der Waals surface area (Å²) in [7, 11) is 2.53. The fraction of sp³-hybridized carbons (Fsp3) is 1.00. The summed E-state index contributed by atoms with van der Waals surface area (Å²) < 4.78 is 0. The standard InChI is InChI=1S/C13H28B/c1-10(2)8-9-12(13(5,6)7)14-11(3)4/h10-12H,8-9H2,1-7H3. The summed E-state index contributed by atoms with van der Waals surface area (Å²) in [6.45, 7) is 16.3. The topological polar surface area (TPSA) is 0 Å². The quantitative estimate of drug-likeness (QED) is 0.553. The van der Waals surface area contributed by atoms with Crippen molar-refractivity contribution in [2.24, 2.45) is 11.3 Å². The molecule has 0 bridgehead atoms. The van der Waals surface area contributed by atoms with Gasteiger partial charge in [0.25, 0.3) is 0 Å². The average Bonchev–Trinajstić information content (AvgIpc) is 1.94. The summed E-state index contributed by atoms with van der Waals surface area (Å²) in [5.41, 5.74) is 0.430. The molecule has 0 nitrogen and oxygen atoms in total. The van der Waals surface area contributed by atoms with E-state index in [0.717, 1.165) is 11.7 Å². The van der Waals surface area contributed by atoms with E-state index in [1.807, 2.05) is 0 Å². The predicted molar refractivity (Wildman–Crippen MR) is 68.1 cm³/mol. The Morgan fingerprint density at radius 1 is 0.929 bits per heavy atom. The van der Waals surface area contributed by atoms with Crippen molar-refractivity contribution >= 4 is 7.28 Å². The lowest BCUT2D eigenvalue weighted by Gasteiger charge is -2.32. The van der Waals surface area contributed by atoms with Gasteiger partial charge in [-0.25, -0.2) is 0 Å². The molecule has 14 heavy (non-hydrogen) atoms. The van der Waals surface area contributed by atoms with Crippen LogP contribution in [0.25, 0.3) is 0 Å². The van der Waals surface area contributed by atoms with E-state index in [-0.39, 0.29) is 0 Å². The molecule has 0 aliphatic rings. The van der Waals surface area contributed by atoms with Crippen LogP contribution in [0.5, 0.6) is 0 Å². The van der Waals surface area contributed by atoms with E-state index in [2.05, 4.69) is 55.7 Å². The maximum atomic E-state index is 2.53. The minimum Gasteiger partial charge on any atom is -0.0741 e. The van der Waals surface area contributed by atoms with E-state index in [9.17, 15) is 0 Å². The van der Waals surface area contributed by atoms with Crippen LogP contribution >= 0.6 is 0 Å². The summed E-state index contributed by atoms with van der Waals surface area (Å²) in [4.78, 5) is 0. The second-order valence-electron chi connectivity index (χ2n) is 6.38. The molecule has 1 atom stereocenters. The lowest BCUT2D eigenvalue weighted by Crippen LogP contribution is -2.22. The third kappa shape index (κ3) is 6.51. The van der Waals surface area contributed by atoms with E-state index < -0.39 is 0 Å². The number of hydrogen-bond donors (Lipinski definition) is 0. The summed E-state index contributed by atoms with van der Waals surface area (Å²) >= 11 is 0. The average molecular weight is 195 g/mol. The number of rotatable bonds is 5. The smallest absolute Gasteiger partial charge is 0.0741 e. The molecule has 0 aliphatic carbocycles. The largest absolute Gasteiger partial charge is 0.117 e. The molecule has 0 saturated heterocycles. The molecule has 83 valence electrons. The molecule has 0 aromatic carbocycles. The van der Waals surface area contributed by atoms with Gasteiger partial charge in [-0.1, -0.05) is 72.9 Å². The maximum Gasteiger partial charge on any atom is 0.117 e. The van der Waals surface area contributed by atoms with Crippen molar-refractivity contribution in [2.75, 3.05) is 0 Å². The highest BCUT2D eigenvalue weighted by atomic mass is 14.2. The van der Waals surface area contributed by atoms with Crippen LogP contribution in [-0.2, 0) is 0 Å². The third-order valence-corrected chi connectivity index (χ3v) is 2.78. The first-order valence-electron chi connectivity index (χ1n) is 6.08. The fourth-order valence-electron chi connectivity index (χ4n) is 1.80. The Morgan fingerprint density at radius 2 is 1.43 bits per heavy atom. The normalized spacial score (nSPS) is 14.9. The molecule has 0 spiro atoms. The highest BCUT2D eigenvalue weighted by Gasteiger charge is 2.25. The number of hydrogen-bond acceptors (Lipinski definition) is 0. The Bertz CT molecular complexity index is 142. The summed E-state index contributed by atoms with van der Waals surface area (Å²) in [6.07, 6.45) is 2.70. The van der Waals surface area contributed by atoms with Gasteiger partial charge in [0.15, 0.2) is 0 Å². The van der Waals surface area contributed by atoms with Crippen LogP contribution in [0, 0.1) is 11.3 Å². The predicted octanol–water partition coefficient (Wildman–Crippen LogP) is 4.79. The highest BCUT2D eigenvalue weighted by Crippen LogP contribution is 2.37. The molecule has 1 radical (unpaired) electrons. The second kappa shape index (κ2) is 5.83. The first kappa shape index (κ1) is 14.1. The van der Waals surface area contributed by atoms with E-state index in [0.29, 0.717) is 11.2 Å². The molecular weight excluding hydrogens is 167 g/mol. The SMILES string of the molecule is CC(C)[B]C(CCC(C)C)C(C)(C)C. The van der Waals surface area contributed by atoms with Gasteiger partial charge in [-0.05, 0) is 11.3 Å². The van der Waals surface area contributed by atoms with Gasteiger partial charge in [-0.2, -0.15) is 0 Å². The molecule has 1 heteroatoms. The lowest BCUT2D eigenvalue weighted by molar-refractivity contribution is 0.343. The molecule has 0 fully saturated rings. The van der Waals surface area contributed by atoms with Gasteiger partial charge in [0.1, 0.15) is 7.28 Å². The van der Waals surface area contributed by atoms with Crippen LogP contribution in [-0.4, -0.2) is 7.28 Å². The van der Waals surface area contributed by atoms with Crippen molar-refractivity contribution in [1.29, 1.82) is 0 Å². The molecule has 0 aliphatic heterocycles. The van der Waals surface area contributed by atoms with Gasteiger partial charge in [-0.3, -0.25) is 0 Å².